The number of hydrogen-bond acceptors (Lipinski definition) is 3. The van der Waals surface area contributed by atoms with Gasteiger partial charge >= 0.3 is 0 Å². The van der Waals surface area contributed by atoms with Gasteiger partial charge in [0, 0.05) is 12.1 Å². The van der Waals surface area contributed by atoms with Crippen LogP contribution < -0.4 is 5.32 Å². The van der Waals surface area contributed by atoms with Gasteiger partial charge in [0.1, 0.15) is 0 Å². The highest BCUT2D eigenvalue weighted by Crippen LogP contribution is 2.36. The van der Waals surface area contributed by atoms with E-state index in [4.69, 9.17) is 4.74 Å². The summed E-state index contributed by atoms with van der Waals surface area (Å²) in [5.74, 6) is 0. The molecule has 0 aromatic rings. The first-order valence-corrected chi connectivity index (χ1v) is 7.88. The Labute approximate surface area is 119 Å². The Morgan fingerprint density at radius 3 is 2.47 bits per heavy atom. The summed E-state index contributed by atoms with van der Waals surface area (Å²) in [6.45, 7) is 10.8. The van der Waals surface area contributed by atoms with Crippen LogP contribution in [0.5, 0.6) is 0 Å². The molecule has 1 aliphatic carbocycles. The van der Waals surface area contributed by atoms with Crippen LogP contribution in [0.2, 0.25) is 0 Å². The van der Waals surface area contributed by atoms with Gasteiger partial charge in [-0.2, -0.15) is 0 Å². The summed E-state index contributed by atoms with van der Waals surface area (Å²) in [5, 5.41) is 12.9. The van der Waals surface area contributed by atoms with Gasteiger partial charge in [-0.05, 0) is 57.4 Å². The van der Waals surface area contributed by atoms with Crippen LogP contribution in [0.25, 0.3) is 0 Å². The van der Waals surface area contributed by atoms with Crippen LogP contribution in [0.1, 0.15) is 66.2 Å². The molecule has 0 heterocycles. The second-order valence-electron chi connectivity index (χ2n) is 7.13. The van der Waals surface area contributed by atoms with Crippen LogP contribution >= 0.6 is 0 Å². The average molecular weight is 271 g/mol. The fraction of sp³-hybridized carbons (Fsp3) is 1.00. The van der Waals surface area contributed by atoms with Crippen molar-refractivity contribution in [3.63, 3.8) is 0 Å². The van der Waals surface area contributed by atoms with Gasteiger partial charge in [0.05, 0.1) is 12.7 Å². The second-order valence-corrected chi connectivity index (χ2v) is 7.13. The number of aliphatic hydroxyl groups is 1. The van der Waals surface area contributed by atoms with Crippen LogP contribution in [-0.4, -0.2) is 36.5 Å². The SMILES string of the molecule is CCCNC(C)(CO)CCOC1CCC(C)(C)CC1. The Hall–Kier alpha value is -0.120. The van der Waals surface area contributed by atoms with E-state index in [2.05, 4.69) is 33.0 Å². The minimum atomic E-state index is -0.191. The van der Waals surface area contributed by atoms with Crippen molar-refractivity contribution >= 4 is 0 Å². The van der Waals surface area contributed by atoms with Crippen molar-refractivity contribution in [1.82, 2.24) is 5.32 Å². The second kappa shape index (κ2) is 7.61. The zero-order valence-corrected chi connectivity index (χ0v) is 13.3. The van der Waals surface area contributed by atoms with Gasteiger partial charge in [0.25, 0.3) is 0 Å². The highest BCUT2D eigenvalue weighted by Gasteiger charge is 2.28. The number of rotatable bonds is 8. The lowest BCUT2D eigenvalue weighted by atomic mass is 9.76. The van der Waals surface area contributed by atoms with Gasteiger partial charge in [0.15, 0.2) is 0 Å². The molecule has 3 heteroatoms. The molecule has 0 aromatic heterocycles. The highest BCUT2D eigenvalue weighted by atomic mass is 16.5. The lowest BCUT2D eigenvalue weighted by molar-refractivity contribution is -0.00810. The smallest absolute Gasteiger partial charge is 0.0611 e. The van der Waals surface area contributed by atoms with Gasteiger partial charge < -0.3 is 15.2 Å². The predicted molar refractivity (Wildman–Crippen MR) is 80.4 cm³/mol. The topological polar surface area (TPSA) is 41.5 Å². The first kappa shape index (κ1) is 16.9. The molecule has 0 bridgehead atoms. The van der Waals surface area contributed by atoms with Gasteiger partial charge in [0.2, 0.25) is 0 Å². The Morgan fingerprint density at radius 2 is 1.95 bits per heavy atom. The van der Waals surface area contributed by atoms with Crippen LogP contribution in [-0.2, 0) is 4.74 Å². The summed E-state index contributed by atoms with van der Waals surface area (Å²) in [7, 11) is 0. The fourth-order valence-electron chi connectivity index (χ4n) is 2.64. The maximum absolute atomic E-state index is 9.50. The largest absolute Gasteiger partial charge is 0.394 e. The number of hydrogen-bond donors (Lipinski definition) is 2. The summed E-state index contributed by atoms with van der Waals surface area (Å²) in [6, 6.07) is 0. The first-order valence-electron chi connectivity index (χ1n) is 7.88. The van der Waals surface area contributed by atoms with E-state index >= 15 is 0 Å². The van der Waals surface area contributed by atoms with Crippen LogP contribution in [0.4, 0.5) is 0 Å². The standard InChI is InChI=1S/C16H33NO2/c1-5-11-17-16(4,13-18)10-12-19-14-6-8-15(2,3)9-7-14/h14,17-18H,5-13H2,1-4H3. The van der Waals surface area contributed by atoms with E-state index in [1.165, 1.54) is 25.7 Å². The van der Waals surface area contributed by atoms with Crippen molar-refractivity contribution in [3.05, 3.63) is 0 Å². The van der Waals surface area contributed by atoms with E-state index < -0.39 is 0 Å². The van der Waals surface area contributed by atoms with Crippen molar-refractivity contribution in [1.29, 1.82) is 0 Å². The molecule has 0 spiro atoms. The number of ether oxygens (including phenoxy) is 1. The Balaban J connectivity index is 2.22. The number of nitrogens with one attached hydrogen (secondary N) is 1. The molecule has 0 radical (unpaired) electrons. The molecule has 1 unspecified atom stereocenters. The van der Waals surface area contributed by atoms with E-state index in [0.717, 1.165) is 26.0 Å². The lowest BCUT2D eigenvalue weighted by Gasteiger charge is -2.35. The number of aliphatic hydroxyl groups excluding tert-OH is 1. The summed E-state index contributed by atoms with van der Waals surface area (Å²) in [6.07, 6.45) is 7.31. The van der Waals surface area contributed by atoms with Gasteiger partial charge in [-0.3, -0.25) is 0 Å². The maximum Gasteiger partial charge on any atom is 0.0611 e. The Morgan fingerprint density at radius 1 is 1.32 bits per heavy atom. The van der Waals surface area contributed by atoms with E-state index in [0.29, 0.717) is 11.5 Å². The van der Waals surface area contributed by atoms with E-state index in [-0.39, 0.29) is 12.1 Å². The van der Waals surface area contributed by atoms with E-state index in [1.807, 2.05) is 0 Å². The third kappa shape index (κ3) is 6.24. The lowest BCUT2D eigenvalue weighted by Crippen LogP contribution is -2.47. The van der Waals surface area contributed by atoms with Crippen molar-refractivity contribution in [2.75, 3.05) is 19.8 Å². The molecule has 0 aromatic carbocycles. The summed E-state index contributed by atoms with van der Waals surface area (Å²) in [5.41, 5.74) is 0.312. The molecule has 1 rings (SSSR count). The zero-order valence-electron chi connectivity index (χ0n) is 13.3. The molecule has 1 fully saturated rings. The molecule has 0 amide bonds. The van der Waals surface area contributed by atoms with Crippen LogP contribution in [0.15, 0.2) is 0 Å². The Bertz CT molecular complexity index is 245. The third-order valence-corrected chi connectivity index (χ3v) is 4.44. The minimum absolute atomic E-state index is 0.175. The molecule has 114 valence electrons. The monoisotopic (exact) mass is 271 g/mol. The van der Waals surface area contributed by atoms with Gasteiger partial charge in [-0.25, -0.2) is 0 Å². The van der Waals surface area contributed by atoms with Crippen LogP contribution in [0.3, 0.4) is 0 Å². The summed E-state index contributed by atoms with van der Waals surface area (Å²) < 4.78 is 6.00. The molecule has 2 N–H and O–H groups in total. The van der Waals surface area contributed by atoms with E-state index in [1.54, 1.807) is 0 Å². The normalized spacial score (nSPS) is 23.2. The van der Waals surface area contributed by atoms with Crippen molar-refractivity contribution in [2.24, 2.45) is 5.41 Å². The Kier molecular flexibility index (Phi) is 6.78. The maximum atomic E-state index is 9.50. The molecule has 19 heavy (non-hydrogen) atoms. The van der Waals surface area contributed by atoms with Crippen molar-refractivity contribution < 1.29 is 9.84 Å². The molecule has 3 nitrogen and oxygen atoms in total. The summed E-state index contributed by atoms with van der Waals surface area (Å²) in [4.78, 5) is 0. The average Bonchev–Trinajstić information content (AvgIpc) is 2.38. The molecular formula is C16H33NO2. The molecule has 1 aliphatic rings. The summed E-state index contributed by atoms with van der Waals surface area (Å²) >= 11 is 0. The van der Waals surface area contributed by atoms with E-state index in [9.17, 15) is 5.11 Å². The molecule has 0 aliphatic heterocycles. The van der Waals surface area contributed by atoms with Crippen molar-refractivity contribution in [2.45, 2.75) is 77.9 Å². The zero-order chi connectivity index (χ0) is 14.4. The van der Waals surface area contributed by atoms with Gasteiger partial charge in [-0.15, -0.1) is 0 Å². The fourth-order valence-corrected chi connectivity index (χ4v) is 2.64. The third-order valence-electron chi connectivity index (χ3n) is 4.44. The van der Waals surface area contributed by atoms with Crippen molar-refractivity contribution in [3.8, 4) is 0 Å². The minimum Gasteiger partial charge on any atom is -0.394 e. The quantitative estimate of drug-likeness (QED) is 0.713. The molecular weight excluding hydrogens is 238 g/mol. The van der Waals surface area contributed by atoms with Gasteiger partial charge in [-0.1, -0.05) is 20.8 Å². The van der Waals surface area contributed by atoms with Crippen LogP contribution in [0, 0.1) is 5.41 Å². The first-order chi connectivity index (χ1) is 8.91. The molecule has 1 saturated carbocycles. The predicted octanol–water partition coefficient (Wildman–Crippen LogP) is 3.11. The molecule has 1 atom stereocenters. The highest BCUT2D eigenvalue weighted by molar-refractivity contribution is 4.83. The molecule has 0 saturated heterocycles.